The van der Waals surface area contributed by atoms with Crippen LogP contribution in [-0.4, -0.2) is 43.6 Å². The Morgan fingerprint density at radius 2 is 2.00 bits per heavy atom. The number of thiophene rings is 1. The number of amides is 1. The molecule has 0 atom stereocenters. The molecule has 1 rings (SSSR count). The molecule has 104 valence electrons. The molecule has 1 amide bonds. The van der Waals surface area contributed by atoms with Crippen molar-refractivity contribution in [1.29, 1.82) is 0 Å². The van der Waals surface area contributed by atoms with Crippen LogP contribution in [0, 0.1) is 0 Å². The SMILES string of the molecule is COC(=O)CSCC(=O)Nc1ccsc1C(=O)OC. The highest BCUT2D eigenvalue weighted by molar-refractivity contribution is 8.00. The zero-order chi connectivity index (χ0) is 14.3. The normalized spacial score (nSPS) is 9.79. The van der Waals surface area contributed by atoms with E-state index in [9.17, 15) is 14.4 Å². The van der Waals surface area contributed by atoms with E-state index in [4.69, 9.17) is 0 Å². The van der Waals surface area contributed by atoms with Crippen LogP contribution in [0.15, 0.2) is 11.4 Å². The van der Waals surface area contributed by atoms with Gasteiger partial charge in [0.25, 0.3) is 0 Å². The molecule has 0 unspecified atom stereocenters. The van der Waals surface area contributed by atoms with Gasteiger partial charge in [-0.25, -0.2) is 4.79 Å². The van der Waals surface area contributed by atoms with Crippen molar-refractivity contribution in [2.24, 2.45) is 0 Å². The minimum atomic E-state index is -0.493. The first kappa shape index (κ1) is 15.5. The first-order valence-corrected chi connectivity index (χ1v) is 7.22. The van der Waals surface area contributed by atoms with E-state index < -0.39 is 5.97 Å². The summed E-state index contributed by atoms with van der Waals surface area (Å²) in [5, 5.41) is 4.28. The largest absolute Gasteiger partial charge is 0.468 e. The second-order valence-electron chi connectivity index (χ2n) is 3.27. The van der Waals surface area contributed by atoms with Gasteiger partial charge in [0.1, 0.15) is 4.88 Å². The van der Waals surface area contributed by atoms with E-state index in [-0.39, 0.29) is 23.4 Å². The number of carbonyl (C=O) groups excluding carboxylic acids is 3. The van der Waals surface area contributed by atoms with Crippen molar-refractivity contribution in [3.8, 4) is 0 Å². The molecule has 1 aromatic rings. The van der Waals surface area contributed by atoms with E-state index in [0.717, 1.165) is 11.8 Å². The molecular weight excluding hydrogens is 290 g/mol. The van der Waals surface area contributed by atoms with E-state index in [1.54, 1.807) is 11.4 Å². The molecule has 19 heavy (non-hydrogen) atoms. The number of rotatable bonds is 6. The maximum atomic E-state index is 11.6. The van der Waals surface area contributed by atoms with Gasteiger partial charge in [0.2, 0.25) is 5.91 Å². The number of hydrogen-bond donors (Lipinski definition) is 1. The lowest BCUT2D eigenvalue weighted by molar-refractivity contribution is -0.137. The summed E-state index contributed by atoms with van der Waals surface area (Å²) in [5.41, 5.74) is 0.417. The number of anilines is 1. The molecule has 0 aromatic carbocycles. The van der Waals surface area contributed by atoms with Crippen LogP contribution in [0.25, 0.3) is 0 Å². The lowest BCUT2D eigenvalue weighted by Crippen LogP contribution is -2.17. The number of carbonyl (C=O) groups is 3. The highest BCUT2D eigenvalue weighted by Gasteiger charge is 2.15. The fourth-order valence-electron chi connectivity index (χ4n) is 1.13. The van der Waals surface area contributed by atoms with Crippen molar-refractivity contribution in [3.05, 3.63) is 16.3 Å². The Morgan fingerprint density at radius 3 is 2.63 bits per heavy atom. The molecule has 8 heteroatoms. The van der Waals surface area contributed by atoms with E-state index in [0.29, 0.717) is 10.6 Å². The molecule has 0 aliphatic carbocycles. The summed E-state index contributed by atoms with van der Waals surface area (Å²) in [7, 11) is 2.57. The standard InChI is InChI=1S/C11H13NO5S2/c1-16-9(14)6-18-5-8(13)12-7-3-4-19-10(7)11(15)17-2/h3-4H,5-6H2,1-2H3,(H,12,13). The number of esters is 2. The number of thioether (sulfide) groups is 1. The van der Waals surface area contributed by atoms with Gasteiger partial charge < -0.3 is 14.8 Å². The monoisotopic (exact) mass is 303 g/mol. The van der Waals surface area contributed by atoms with Gasteiger partial charge in [0, 0.05) is 0 Å². The van der Waals surface area contributed by atoms with Gasteiger partial charge >= 0.3 is 11.9 Å². The Labute approximate surface area is 118 Å². The zero-order valence-electron chi connectivity index (χ0n) is 10.4. The molecule has 0 fully saturated rings. The van der Waals surface area contributed by atoms with Gasteiger partial charge in [-0.1, -0.05) is 0 Å². The van der Waals surface area contributed by atoms with Gasteiger partial charge in [0.05, 0.1) is 31.4 Å². The summed E-state index contributed by atoms with van der Waals surface area (Å²) >= 11 is 2.32. The average molecular weight is 303 g/mol. The van der Waals surface area contributed by atoms with Gasteiger partial charge in [-0.15, -0.1) is 23.1 Å². The van der Waals surface area contributed by atoms with Crippen LogP contribution < -0.4 is 5.32 Å². The van der Waals surface area contributed by atoms with Crippen LogP contribution in [0.1, 0.15) is 9.67 Å². The smallest absolute Gasteiger partial charge is 0.350 e. The van der Waals surface area contributed by atoms with Gasteiger partial charge in [-0.2, -0.15) is 0 Å². The van der Waals surface area contributed by atoms with E-state index in [1.807, 2.05) is 0 Å². The lowest BCUT2D eigenvalue weighted by atomic mass is 10.4. The third-order valence-corrected chi connectivity index (χ3v) is 3.79. The predicted octanol–water partition coefficient (Wildman–Crippen LogP) is 1.38. The Morgan fingerprint density at radius 1 is 1.26 bits per heavy atom. The summed E-state index contributed by atoms with van der Waals surface area (Å²) in [6.07, 6.45) is 0. The quantitative estimate of drug-likeness (QED) is 0.800. The minimum Gasteiger partial charge on any atom is -0.468 e. The van der Waals surface area contributed by atoms with Gasteiger partial charge in [-0.3, -0.25) is 9.59 Å². The van der Waals surface area contributed by atoms with Crippen molar-refractivity contribution < 1.29 is 23.9 Å². The first-order chi connectivity index (χ1) is 9.08. The number of ether oxygens (including phenoxy) is 2. The van der Waals surface area contributed by atoms with Crippen LogP contribution in [0.3, 0.4) is 0 Å². The van der Waals surface area contributed by atoms with Crippen molar-refractivity contribution in [1.82, 2.24) is 0 Å². The zero-order valence-corrected chi connectivity index (χ0v) is 12.1. The molecule has 1 N–H and O–H groups in total. The second-order valence-corrected chi connectivity index (χ2v) is 5.17. The maximum absolute atomic E-state index is 11.6. The van der Waals surface area contributed by atoms with Crippen molar-refractivity contribution in [3.63, 3.8) is 0 Å². The van der Waals surface area contributed by atoms with E-state index in [2.05, 4.69) is 14.8 Å². The Kier molecular flexibility index (Phi) is 6.37. The summed E-state index contributed by atoms with van der Waals surface area (Å²) in [4.78, 5) is 34.2. The van der Waals surface area contributed by atoms with Crippen molar-refractivity contribution in [2.45, 2.75) is 0 Å². The van der Waals surface area contributed by atoms with Crippen molar-refractivity contribution >= 4 is 46.6 Å². The molecular formula is C11H13NO5S2. The maximum Gasteiger partial charge on any atom is 0.350 e. The fourth-order valence-corrected chi connectivity index (χ4v) is 2.54. The molecule has 1 aromatic heterocycles. The van der Waals surface area contributed by atoms with Crippen LogP contribution in [0.5, 0.6) is 0 Å². The summed E-state index contributed by atoms with van der Waals surface area (Å²) < 4.78 is 9.05. The molecule has 0 aliphatic heterocycles. The Balaban J connectivity index is 2.47. The van der Waals surface area contributed by atoms with Crippen LogP contribution >= 0.6 is 23.1 Å². The molecule has 6 nitrogen and oxygen atoms in total. The first-order valence-electron chi connectivity index (χ1n) is 5.18. The summed E-state index contributed by atoms with van der Waals surface area (Å²) in [5.74, 6) is -0.961. The molecule has 0 saturated carbocycles. The fraction of sp³-hybridized carbons (Fsp3) is 0.364. The van der Waals surface area contributed by atoms with Crippen LogP contribution in [0.4, 0.5) is 5.69 Å². The highest BCUT2D eigenvalue weighted by Crippen LogP contribution is 2.23. The average Bonchev–Trinajstić information content (AvgIpc) is 2.85. The molecule has 0 radical (unpaired) electrons. The Hall–Kier alpha value is -1.54. The van der Waals surface area contributed by atoms with E-state index >= 15 is 0 Å². The Bertz CT molecular complexity index is 471. The molecule has 1 heterocycles. The lowest BCUT2D eigenvalue weighted by Gasteiger charge is -2.05. The molecule has 0 aliphatic rings. The number of hydrogen-bond acceptors (Lipinski definition) is 7. The molecule has 0 bridgehead atoms. The third kappa shape index (κ3) is 4.92. The predicted molar refractivity (Wildman–Crippen MR) is 73.6 cm³/mol. The number of methoxy groups -OCH3 is 2. The molecule has 0 saturated heterocycles. The summed E-state index contributed by atoms with van der Waals surface area (Å²) in [6, 6.07) is 1.62. The van der Waals surface area contributed by atoms with Gasteiger partial charge in [-0.05, 0) is 11.4 Å². The summed E-state index contributed by atoms with van der Waals surface area (Å²) in [6.45, 7) is 0. The van der Waals surface area contributed by atoms with Crippen LogP contribution in [0.2, 0.25) is 0 Å². The van der Waals surface area contributed by atoms with E-state index in [1.165, 1.54) is 25.6 Å². The van der Waals surface area contributed by atoms with Crippen molar-refractivity contribution in [2.75, 3.05) is 31.0 Å². The molecule has 0 spiro atoms. The second kappa shape index (κ2) is 7.80. The topological polar surface area (TPSA) is 81.7 Å². The van der Waals surface area contributed by atoms with Crippen LogP contribution in [-0.2, 0) is 19.1 Å². The minimum absolute atomic E-state index is 0.103. The highest BCUT2D eigenvalue weighted by atomic mass is 32.2. The third-order valence-electron chi connectivity index (χ3n) is 1.99. The number of nitrogens with one attached hydrogen (secondary N) is 1. The van der Waals surface area contributed by atoms with Gasteiger partial charge in [0.15, 0.2) is 0 Å².